The van der Waals surface area contributed by atoms with Crippen LogP contribution in [0.1, 0.15) is 20.1 Å². The summed E-state index contributed by atoms with van der Waals surface area (Å²) in [5, 5.41) is 30.2. The number of rotatable bonds is 4. The Bertz CT molecular complexity index is 936. The van der Waals surface area contributed by atoms with Crippen molar-refractivity contribution in [2.24, 2.45) is 0 Å². The van der Waals surface area contributed by atoms with Gasteiger partial charge in [0.15, 0.2) is 17.4 Å². The van der Waals surface area contributed by atoms with Gasteiger partial charge in [0.25, 0.3) is 5.56 Å². The molecule has 160 valence electrons. The summed E-state index contributed by atoms with van der Waals surface area (Å²) in [5.74, 6) is 0.313. The van der Waals surface area contributed by atoms with Crippen molar-refractivity contribution in [2.45, 2.75) is 44.4 Å². The fraction of sp³-hybridized carbons (Fsp3) is 0.706. The number of nitrogens with one attached hydrogen (secondary N) is 1. The number of aliphatic hydroxyl groups excluding tert-OH is 3. The van der Waals surface area contributed by atoms with Crippen molar-refractivity contribution in [2.75, 3.05) is 43.4 Å². The van der Waals surface area contributed by atoms with E-state index in [1.165, 1.54) is 4.57 Å². The SMILES string of the molecule is CC(C)N1CCN(c2nc3c(=O)[nH]c(N)nc3n2[C@@H]2O[C@H](CO)[C@H](O)[C@H]2O)CC1. The molecule has 29 heavy (non-hydrogen) atoms. The van der Waals surface area contributed by atoms with E-state index in [9.17, 15) is 20.1 Å². The molecular formula is C17H27N7O5. The lowest BCUT2D eigenvalue weighted by atomic mass is 10.1. The molecule has 0 amide bonds. The molecule has 0 aromatic carbocycles. The predicted octanol–water partition coefficient (Wildman–Crippen LogP) is -2.16. The molecule has 0 saturated carbocycles. The molecule has 4 rings (SSSR count). The maximum atomic E-state index is 12.4. The van der Waals surface area contributed by atoms with E-state index in [2.05, 4.69) is 33.7 Å². The monoisotopic (exact) mass is 409 g/mol. The summed E-state index contributed by atoms with van der Waals surface area (Å²) >= 11 is 0. The number of aromatic amines is 1. The average Bonchev–Trinajstić information content (AvgIpc) is 3.20. The Balaban J connectivity index is 1.79. The Hall–Kier alpha value is -2.25. The topological polar surface area (TPSA) is 166 Å². The predicted molar refractivity (Wildman–Crippen MR) is 104 cm³/mol. The number of nitrogen functional groups attached to an aromatic ring is 1. The first kappa shape index (κ1) is 20.0. The number of hydrogen-bond acceptors (Lipinski definition) is 10. The van der Waals surface area contributed by atoms with Crippen LogP contribution in [0.5, 0.6) is 0 Å². The Morgan fingerprint density at radius 2 is 1.90 bits per heavy atom. The van der Waals surface area contributed by atoms with Gasteiger partial charge in [-0.15, -0.1) is 0 Å². The fourth-order valence-corrected chi connectivity index (χ4v) is 3.98. The van der Waals surface area contributed by atoms with Crippen LogP contribution in [-0.2, 0) is 4.74 Å². The fourth-order valence-electron chi connectivity index (χ4n) is 3.98. The van der Waals surface area contributed by atoms with Crippen molar-refractivity contribution in [3.8, 4) is 0 Å². The van der Waals surface area contributed by atoms with Crippen molar-refractivity contribution < 1.29 is 20.1 Å². The number of hydrogen-bond donors (Lipinski definition) is 5. The third-order valence-corrected chi connectivity index (χ3v) is 5.65. The molecule has 0 aliphatic carbocycles. The average molecular weight is 409 g/mol. The lowest BCUT2D eigenvalue weighted by Gasteiger charge is -2.38. The first-order valence-corrected chi connectivity index (χ1v) is 9.71. The van der Waals surface area contributed by atoms with E-state index in [0.717, 1.165) is 13.1 Å². The minimum atomic E-state index is -1.33. The van der Waals surface area contributed by atoms with Crippen LogP contribution in [0.2, 0.25) is 0 Å². The summed E-state index contributed by atoms with van der Waals surface area (Å²) in [7, 11) is 0. The van der Waals surface area contributed by atoms with Crippen molar-refractivity contribution in [3.63, 3.8) is 0 Å². The number of imidazole rings is 1. The molecule has 2 aliphatic rings. The molecule has 12 heteroatoms. The minimum Gasteiger partial charge on any atom is -0.394 e. The molecule has 4 atom stereocenters. The number of anilines is 2. The molecule has 2 fully saturated rings. The summed E-state index contributed by atoms with van der Waals surface area (Å²) < 4.78 is 7.20. The number of H-pyrrole nitrogens is 1. The molecular weight excluding hydrogens is 382 g/mol. The molecule has 0 spiro atoms. The summed E-state index contributed by atoms with van der Waals surface area (Å²) in [6.07, 6.45) is -4.65. The van der Waals surface area contributed by atoms with E-state index in [1.807, 2.05) is 4.90 Å². The van der Waals surface area contributed by atoms with E-state index in [1.54, 1.807) is 0 Å². The van der Waals surface area contributed by atoms with Gasteiger partial charge in [-0.05, 0) is 13.8 Å². The smallest absolute Gasteiger partial charge is 0.280 e. The molecule has 0 unspecified atom stereocenters. The zero-order valence-electron chi connectivity index (χ0n) is 16.4. The van der Waals surface area contributed by atoms with E-state index in [0.29, 0.717) is 25.1 Å². The zero-order valence-corrected chi connectivity index (χ0v) is 16.4. The molecule has 0 radical (unpaired) electrons. The van der Waals surface area contributed by atoms with E-state index in [4.69, 9.17) is 10.5 Å². The van der Waals surface area contributed by atoms with E-state index in [-0.39, 0.29) is 17.1 Å². The van der Waals surface area contributed by atoms with Crippen LogP contribution in [-0.4, -0.2) is 96.9 Å². The van der Waals surface area contributed by atoms with Crippen LogP contribution < -0.4 is 16.2 Å². The van der Waals surface area contributed by atoms with Gasteiger partial charge in [0.05, 0.1) is 6.61 Å². The quantitative estimate of drug-likeness (QED) is 0.375. The summed E-state index contributed by atoms with van der Waals surface area (Å²) in [6.45, 7) is 6.74. The maximum absolute atomic E-state index is 12.4. The molecule has 2 saturated heterocycles. The lowest BCUT2D eigenvalue weighted by Crippen LogP contribution is -2.49. The van der Waals surface area contributed by atoms with Crippen LogP contribution >= 0.6 is 0 Å². The van der Waals surface area contributed by atoms with Gasteiger partial charge in [-0.1, -0.05) is 0 Å². The lowest BCUT2D eigenvalue weighted by molar-refractivity contribution is -0.0505. The molecule has 2 aliphatic heterocycles. The van der Waals surface area contributed by atoms with Crippen molar-refractivity contribution in [1.29, 1.82) is 0 Å². The Morgan fingerprint density at radius 3 is 2.48 bits per heavy atom. The van der Waals surface area contributed by atoms with Gasteiger partial charge < -0.3 is 30.7 Å². The highest BCUT2D eigenvalue weighted by Crippen LogP contribution is 2.35. The minimum absolute atomic E-state index is 0.0678. The second kappa shape index (κ2) is 7.54. The van der Waals surface area contributed by atoms with Crippen molar-refractivity contribution in [3.05, 3.63) is 10.4 Å². The van der Waals surface area contributed by atoms with Gasteiger partial charge in [0.1, 0.15) is 18.3 Å². The highest BCUT2D eigenvalue weighted by molar-refractivity contribution is 5.75. The Labute approximate surface area is 166 Å². The van der Waals surface area contributed by atoms with Crippen molar-refractivity contribution >= 4 is 23.1 Å². The summed E-state index contributed by atoms with van der Waals surface area (Å²) in [6, 6.07) is 0.417. The normalized spacial score (nSPS) is 28.7. The number of ether oxygens (including phenoxy) is 1. The number of aromatic nitrogens is 4. The number of piperazine rings is 1. The number of fused-ring (bicyclic) bond motifs is 1. The maximum Gasteiger partial charge on any atom is 0.280 e. The first-order chi connectivity index (χ1) is 13.8. The second-order valence-corrected chi connectivity index (χ2v) is 7.75. The molecule has 2 aromatic heterocycles. The third kappa shape index (κ3) is 3.36. The van der Waals surface area contributed by atoms with Crippen LogP contribution in [0.4, 0.5) is 11.9 Å². The van der Waals surface area contributed by atoms with Crippen LogP contribution in [0.3, 0.4) is 0 Å². The number of nitrogens with zero attached hydrogens (tertiary/aromatic N) is 5. The van der Waals surface area contributed by atoms with Crippen molar-refractivity contribution in [1.82, 2.24) is 24.4 Å². The van der Waals surface area contributed by atoms with Gasteiger partial charge in [-0.2, -0.15) is 4.98 Å². The standard InChI is InChI=1S/C17H27N7O5/c1-8(2)22-3-5-23(6-4-22)17-19-10-13(20-16(18)21-14(10)28)24(17)15-12(27)11(26)9(7-25)29-15/h8-9,11-12,15,25-27H,3-7H2,1-2H3,(H3,18,20,21,28)/t9-,11+,12-,15-/m1/s1. The Morgan fingerprint density at radius 1 is 1.21 bits per heavy atom. The van der Waals surface area contributed by atoms with E-state index < -0.39 is 36.7 Å². The molecule has 12 nitrogen and oxygen atoms in total. The third-order valence-electron chi connectivity index (χ3n) is 5.65. The highest BCUT2D eigenvalue weighted by Gasteiger charge is 2.45. The van der Waals surface area contributed by atoms with Gasteiger partial charge >= 0.3 is 0 Å². The van der Waals surface area contributed by atoms with Gasteiger partial charge in [-0.3, -0.25) is 19.2 Å². The van der Waals surface area contributed by atoms with Crippen LogP contribution in [0.15, 0.2) is 4.79 Å². The second-order valence-electron chi connectivity index (χ2n) is 7.75. The van der Waals surface area contributed by atoms with Gasteiger partial charge in [-0.25, -0.2) is 4.98 Å². The molecule has 2 aromatic rings. The summed E-state index contributed by atoms with van der Waals surface area (Å²) in [4.78, 5) is 27.8. The van der Waals surface area contributed by atoms with Gasteiger partial charge in [0.2, 0.25) is 11.9 Å². The summed E-state index contributed by atoms with van der Waals surface area (Å²) in [5.41, 5.74) is 5.45. The van der Waals surface area contributed by atoms with Gasteiger partial charge in [0, 0.05) is 32.2 Å². The van der Waals surface area contributed by atoms with Crippen LogP contribution in [0.25, 0.3) is 11.2 Å². The molecule has 0 bridgehead atoms. The number of nitrogens with two attached hydrogens (primary N) is 1. The highest BCUT2D eigenvalue weighted by atomic mass is 16.6. The first-order valence-electron chi connectivity index (χ1n) is 9.71. The largest absolute Gasteiger partial charge is 0.394 e. The number of aliphatic hydroxyl groups is 3. The zero-order chi connectivity index (χ0) is 20.9. The Kier molecular flexibility index (Phi) is 5.21. The van der Waals surface area contributed by atoms with E-state index >= 15 is 0 Å². The van der Waals surface area contributed by atoms with Crippen LogP contribution in [0, 0.1) is 0 Å². The molecule has 4 heterocycles. The molecule has 6 N–H and O–H groups in total.